The Morgan fingerprint density at radius 3 is 2.21 bits per heavy atom. The molecule has 102 valence electrons. The molecule has 0 saturated carbocycles. The van der Waals surface area contributed by atoms with Gasteiger partial charge in [0.1, 0.15) is 5.15 Å². The van der Waals surface area contributed by atoms with Crippen molar-refractivity contribution in [1.29, 1.82) is 0 Å². The number of pyridine rings is 1. The van der Waals surface area contributed by atoms with Crippen LogP contribution in [0.4, 0.5) is 13.2 Å². The van der Waals surface area contributed by atoms with Crippen molar-refractivity contribution in [2.75, 3.05) is 0 Å². The maximum absolute atomic E-state index is 13.2. The fourth-order valence-corrected chi connectivity index (χ4v) is 2.28. The van der Waals surface area contributed by atoms with Crippen LogP contribution in [0.5, 0.6) is 0 Å². The van der Waals surface area contributed by atoms with Crippen molar-refractivity contribution in [3.8, 4) is 0 Å². The molecule has 2 aromatic rings. The molecule has 2 rings (SSSR count). The summed E-state index contributed by atoms with van der Waals surface area (Å²) >= 11 is 5.92. The summed E-state index contributed by atoms with van der Waals surface area (Å²) in [6.45, 7) is 5.56. The van der Waals surface area contributed by atoms with E-state index < -0.39 is 17.2 Å². The van der Waals surface area contributed by atoms with Gasteiger partial charge in [-0.05, 0) is 17.0 Å². The lowest BCUT2D eigenvalue weighted by molar-refractivity contribution is -0.136. The van der Waals surface area contributed by atoms with E-state index >= 15 is 0 Å². The summed E-state index contributed by atoms with van der Waals surface area (Å²) in [4.78, 5) is 3.99. The number of benzene rings is 1. The first kappa shape index (κ1) is 14.1. The van der Waals surface area contributed by atoms with Gasteiger partial charge in [0.05, 0.1) is 5.56 Å². The second-order valence-electron chi connectivity index (χ2n) is 5.44. The highest BCUT2D eigenvalue weighted by Gasteiger charge is 2.35. The lowest BCUT2D eigenvalue weighted by Gasteiger charge is -2.23. The standard InChI is InChI=1S/C14H13ClF3N/c1-13(2,3)10-7-19-12(15)8-5-4-6-9(11(8)10)14(16,17)18/h4-7H,1-3H3. The van der Waals surface area contributed by atoms with E-state index in [1.165, 1.54) is 12.3 Å². The van der Waals surface area contributed by atoms with Crippen molar-refractivity contribution in [1.82, 2.24) is 4.98 Å². The SMILES string of the molecule is CC(C)(C)c1cnc(Cl)c2cccc(C(F)(F)F)c12. The minimum atomic E-state index is -4.41. The molecule has 0 fully saturated rings. The third kappa shape index (κ3) is 2.54. The van der Waals surface area contributed by atoms with Gasteiger partial charge in [-0.15, -0.1) is 0 Å². The molecule has 1 aromatic carbocycles. The minimum absolute atomic E-state index is 0.0918. The average molecular weight is 288 g/mol. The number of aromatic nitrogens is 1. The third-order valence-corrected chi connectivity index (χ3v) is 3.28. The molecule has 0 saturated heterocycles. The zero-order valence-corrected chi connectivity index (χ0v) is 11.5. The molecule has 0 N–H and O–H groups in total. The Morgan fingerprint density at radius 2 is 1.68 bits per heavy atom. The van der Waals surface area contributed by atoms with Crippen LogP contribution in [0.1, 0.15) is 31.9 Å². The van der Waals surface area contributed by atoms with Crippen LogP contribution < -0.4 is 0 Å². The molecule has 0 atom stereocenters. The first-order valence-corrected chi connectivity index (χ1v) is 6.15. The number of halogens is 4. The number of hydrogen-bond donors (Lipinski definition) is 0. The first-order valence-electron chi connectivity index (χ1n) is 5.77. The van der Waals surface area contributed by atoms with E-state index in [1.54, 1.807) is 6.07 Å². The van der Waals surface area contributed by atoms with E-state index in [-0.39, 0.29) is 10.5 Å². The first-order chi connectivity index (χ1) is 8.62. The summed E-state index contributed by atoms with van der Waals surface area (Å²) < 4.78 is 39.5. The van der Waals surface area contributed by atoms with Crippen molar-refractivity contribution in [2.45, 2.75) is 32.4 Å². The Morgan fingerprint density at radius 1 is 1.05 bits per heavy atom. The lowest BCUT2D eigenvalue weighted by Crippen LogP contribution is -2.15. The molecular weight excluding hydrogens is 275 g/mol. The van der Waals surface area contributed by atoms with Gasteiger partial charge in [0, 0.05) is 17.0 Å². The van der Waals surface area contributed by atoms with Crippen molar-refractivity contribution in [2.24, 2.45) is 0 Å². The fraction of sp³-hybridized carbons (Fsp3) is 0.357. The number of nitrogens with zero attached hydrogens (tertiary/aromatic N) is 1. The summed E-state index contributed by atoms with van der Waals surface area (Å²) in [7, 11) is 0. The maximum Gasteiger partial charge on any atom is 0.417 e. The normalized spacial score (nSPS) is 13.0. The van der Waals surface area contributed by atoms with Crippen LogP contribution in [-0.2, 0) is 11.6 Å². The zero-order chi connectivity index (χ0) is 14.4. The molecule has 0 amide bonds. The van der Waals surface area contributed by atoms with Gasteiger partial charge >= 0.3 is 6.18 Å². The number of fused-ring (bicyclic) bond motifs is 1. The lowest BCUT2D eigenvalue weighted by atomic mass is 9.83. The van der Waals surface area contributed by atoms with E-state index in [2.05, 4.69) is 4.98 Å². The minimum Gasteiger partial charge on any atom is -0.244 e. The molecule has 5 heteroatoms. The molecule has 19 heavy (non-hydrogen) atoms. The quantitative estimate of drug-likeness (QED) is 0.607. The number of rotatable bonds is 0. The zero-order valence-electron chi connectivity index (χ0n) is 10.8. The second kappa shape index (κ2) is 4.37. The predicted molar refractivity (Wildman–Crippen MR) is 70.5 cm³/mol. The van der Waals surface area contributed by atoms with Gasteiger partial charge in [0.15, 0.2) is 0 Å². The summed E-state index contributed by atoms with van der Waals surface area (Å²) in [5, 5.41) is 0.570. The second-order valence-corrected chi connectivity index (χ2v) is 5.80. The molecular formula is C14H13ClF3N. The highest BCUT2D eigenvalue weighted by Crippen LogP contribution is 2.40. The number of alkyl halides is 3. The number of hydrogen-bond acceptors (Lipinski definition) is 1. The monoisotopic (exact) mass is 287 g/mol. The highest BCUT2D eigenvalue weighted by molar-refractivity contribution is 6.34. The van der Waals surface area contributed by atoms with Gasteiger partial charge in [-0.2, -0.15) is 13.2 Å². The van der Waals surface area contributed by atoms with Crippen LogP contribution in [0.15, 0.2) is 24.4 Å². The molecule has 1 heterocycles. The molecule has 0 aliphatic carbocycles. The van der Waals surface area contributed by atoms with Crippen molar-refractivity contribution in [3.63, 3.8) is 0 Å². The third-order valence-electron chi connectivity index (χ3n) is 2.98. The van der Waals surface area contributed by atoms with E-state index in [1.807, 2.05) is 20.8 Å². The van der Waals surface area contributed by atoms with Crippen LogP contribution in [0, 0.1) is 0 Å². The molecule has 0 spiro atoms. The van der Waals surface area contributed by atoms with Crippen LogP contribution in [-0.4, -0.2) is 4.98 Å². The van der Waals surface area contributed by atoms with Gasteiger partial charge < -0.3 is 0 Å². The Hall–Kier alpha value is -1.29. The van der Waals surface area contributed by atoms with E-state index in [0.29, 0.717) is 10.9 Å². The molecule has 1 nitrogen and oxygen atoms in total. The predicted octanol–water partition coefficient (Wildman–Crippen LogP) is 5.20. The van der Waals surface area contributed by atoms with E-state index in [0.717, 1.165) is 6.07 Å². The van der Waals surface area contributed by atoms with Crippen molar-refractivity contribution >= 4 is 22.4 Å². The average Bonchev–Trinajstić information content (AvgIpc) is 2.26. The summed E-state index contributed by atoms with van der Waals surface area (Å²) in [6, 6.07) is 3.99. The molecule has 1 aromatic heterocycles. The van der Waals surface area contributed by atoms with Gasteiger partial charge in [-0.3, -0.25) is 0 Å². The van der Waals surface area contributed by atoms with Gasteiger partial charge in [0.25, 0.3) is 0 Å². The summed E-state index contributed by atoms with van der Waals surface area (Å²) in [5.41, 5.74) is -0.573. The topological polar surface area (TPSA) is 12.9 Å². The van der Waals surface area contributed by atoms with E-state index in [9.17, 15) is 13.2 Å². The van der Waals surface area contributed by atoms with Gasteiger partial charge in [0.2, 0.25) is 0 Å². The van der Waals surface area contributed by atoms with Crippen molar-refractivity contribution in [3.05, 3.63) is 40.7 Å². The van der Waals surface area contributed by atoms with Crippen LogP contribution in [0.2, 0.25) is 5.15 Å². The van der Waals surface area contributed by atoms with Crippen LogP contribution in [0.25, 0.3) is 10.8 Å². The van der Waals surface area contributed by atoms with E-state index in [4.69, 9.17) is 11.6 Å². The molecule has 0 aliphatic rings. The Kier molecular flexibility index (Phi) is 3.25. The Balaban J connectivity index is 2.97. The smallest absolute Gasteiger partial charge is 0.244 e. The van der Waals surface area contributed by atoms with Crippen LogP contribution >= 0.6 is 11.6 Å². The highest BCUT2D eigenvalue weighted by atomic mass is 35.5. The Bertz CT molecular complexity index is 607. The Labute approximate surface area is 114 Å². The summed E-state index contributed by atoms with van der Waals surface area (Å²) in [5.74, 6) is 0. The van der Waals surface area contributed by atoms with Crippen LogP contribution in [0.3, 0.4) is 0 Å². The fourth-order valence-electron chi connectivity index (χ4n) is 2.07. The largest absolute Gasteiger partial charge is 0.417 e. The van der Waals surface area contributed by atoms with Gasteiger partial charge in [-0.1, -0.05) is 44.5 Å². The molecule has 0 bridgehead atoms. The maximum atomic E-state index is 13.2. The molecule has 0 unspecified atom stereocenters. The summed E-state index contributed by atoms with van der Waals surface area (Å²) in [6.07, 6.45) is -2.98. The molecule has 0 radical (unpaired) electrons. The van der Waals surface area contributed by atoms with Gasteiger partial charge in [-0.25, -0.2) is 4.98 Å². The van der Waals surface area contributed by atoms with Crippen molar-refractivity contribution < 1.29 is 13.2 Å². The molecule has 0 aliphatic heterocycles.